The summed E-state index contributed by atoms with van der Waals surface area (Å²) in [4.78, 5) is 13.8. The van der Waals surface area contributed by atoms with Crippen LogP contribution in [-0.4, -0.2) is 17.7 Å². The normalized spacial score (nSPS) is 16.0. The standard InChI is InChI=1S/C19H22N2O2S2/c1-3-23-18(22)16-14-11-12(2)9-10-15(14)25-17(16)21-19(24)20-13-7-5-4-6-8-13/h4-8,12H,3,9-11H2,1-2H3,(H2,20,21,24). The molecule has 1 aromatic carbocycles. The zero-order valence-corrected chi connectivity index (χ0v) is 16.1. The number of rotatable bonds is 4. The Balaban J connectivity index is 1.85. The van der Waals surface area contributed by atoms with E-state index in [1.807, 2.05) is 37.3 Å². The fraction of sp³-hybridized carbons (Fsp3) is 0.368. The first-order valence-corrected chi connectivity index (χ1v) is 9.75. The number of para-hydroxylation sites is 1. The van der Waals surface area contributed by atoms with Crippen LogP contribution in [0.15, 0.2) is 30.3 Å². The lowest BCUT2D eigenvalue weighted by Gasteiger charge is -2.18. The molecule has 0 aliphatic heterocycles. The molecule has 0 spiro atoms. The summed E-state index contributed by atoms with van der Waals surface area (Å²) in [5.41, 5.74) is 2.70. The van der Waals surface area contributed by atoms with Gasteiger partial charge in [0, 0.05) is 10.6 Å². The third kappa shape index (κ3) is 4.19. The van der Waals surface area contributed by atoms with Gasteiger partial charge < -0.3 is 15.4 Å². The number of carbonyl (C=O) groups excluding carboxylic acids is 1. The zero-order chi connectivity index (χ0) is 17.8. The smallest absolute Gasteiger partial charge is 0.341 e. The predicted octanol–water partition coefficient (Wildman–Crippen LogP) is 4.86. The van der Waals surface area contributed by atoms with Gasteiger partial charge in [-0.3, -0.25) is 0 Å². The van der Waals surface area contributed by atoms with E-state index in [1.165, 1.54) is 4.88 Å². The number of hydrogen-bond acceptors (Lipinski definition) is 4. The topological polar surface area (TPSA) is 50.4 Å². The number of thiocarbonyl (C=S) groups is 1. The fourth-order valence-corrected chi connectivity index (χ4v) is 4.57. The van der Waals surface area contributed by atoms with Crippen molar-refractivity contribution in [2.75, 3.05) is 17.2 Å². The lowest BCUT2D eigenvalue weighted by Crippen LogP contribution is -2.20. The number of ether oxygens (including phenoxy) is 1. The Morgan fingerprint density at radius 3 is 2.80 bits per heavy atom. The van der Waals surface area contributed by atoms with Gasteiger partial charge in [-0.05, 0) is 62.0 Å². The monoisotopic (exact) mass is 374 g/mol. The first-order valence-electron chi connectivity index (χ1n) is 8.53. The Labute approximate surface area is 157 Å². The molecule has 1 aliphatic carbocycles. The number of carbonyl (C=O) groups is 1. The Morgan fingerprint density at radius 1 is 1.32 bits per heavy atom. The molecule has 2 aromatic rings. The van der Waals surface area contributed by atoms with Gasteiger partial charge >= 0.3 is 5.97 Å². The Kier molecular flexibility index (Phi) is 5.71. The van der Waals surface area contributed by atoms with Crippen molar-refractivity contribution < 1.29 is 9.53 Å². The van der Waals surface area contributed by atoms with Crippen LogP contribution in [-0.2, 0) is 17.6 Å². The number of benzene rings is 1. The molecule has 1 aliphatic rings. The lowest BCUT2D eigenvalue weighted by atomic mass is 9.88. The molecular weight excluding hydrogens is 352 g/mol. The van der Waals surface area contributed by atoms with Crippen LogP contribution in [0.2, 0.25) is 0 Å². The number of thiophene rings is 1. The van der Waals surface area contributed by atoms with Crippen LogP contribution in [0.1, 0.15) is 41.1 Å². The van der Waals surface area contributed by atoms with Gasteiger partial charge in [0.2, 0.25) is 0 Å². The number of anilines is 2. The molecule has 0 amide bonds. The molecule has 1 aromatic heterocycles. The van der Waals surface area contributed by atoms with Crippen molar-refractivity contribution in [3.8, 4) is 0 Å². The van der Waals surface area contributed by atoms with Gasteiger partial charge in [0.15, 0.2) is 5.11 Å². The summed E-state index contributed by atoms with van der Waals surface area (Å²) < 4.78 is 5.29. The molecule has 6 heteroatoms. The minimum atomic E-state index is -0.265. The predicted molar refractivity (Wildman–Crippen MR) is 108 cm³/mol. The second kappa shape index (κ2) is 7.97. The van der Waals surface area contributed by atoms with Crippen molar-refractivity contribution in [1.82, 2.24) is 0 Å². The molecular formula is C19H22N2O2S2. The van der Waals surface area contributed by atoms with Crippen molar-refractivity contribution in [1.29, 1.82) is 0 Å². The maximum absolute atomic E-state index is 12.5. The van der Waals surface area contributed by atoms with Crippen LogP contribution in [0.3, 0.4) is 0 Å². The van der Waals surface area contributed by atoms with Gasteiger partial charge in [-0.25, -0.2) is 4.79 Å². The average molecular weight is 375 g/mol. The SMILES string of the molecule is CCOC(=O)c1c(NC(=S)Nc2ccccc2)sc2c1CC(C)CC2. The highest BCUT2D eigenvalue weighted by Gasteiger charge is 2.28. The van der Waals surface area contributed by atoms with E-state index in [2.05, 4.69) is 17.6 Å². The summed E-state index contributed by atoms with van der Waals surface area (Å²) >= 11 is 7.04. The first kappa shape index (κ1) is 17.9. The van der Waals surface area contributed by atoms with Gasteiger partial charge in [0.1, 0.15) is 5.00 Å². The van der Waals surface area contributed by atoms with Gasteiger partial charge in [-0.15, -0.1) is 11.3 Å². The number of aryl methyl sites for hydroxylation is 1. The van der Waals surface area contributed by atoms with Crippen molar-refractivity contribution in [3.63, 3.8) is 0 Å². The largest absolute Gasteiger partial charge is 0.462 e. The second-order valence-corrected chi connectivity index (χ2v) is 7.73. The van der Waals surface area contributed by atoms with Gasteiger partial charge in [-0.2, -0.15) is 0 Å². The summed E-state index contributed by atoms with van der Waals surface area (Å²) in [6.45, 7) is 4.42. The molecule has 0 fully saturated rings. The van der Waals surface area contributed by atoms with E-state index >= 15 is 0 Å². The fourth-order valence-electron chi connectivity index (χ4n) is 3.05. The Bertz CT molecular complexity index is 771. The van der Waals surface area contributed by atoms with E-state index in [9.17, 15) is 4.79 Å². The number of hydrogen-bond donors (Lipinski definition) is 2. The van der Waals surface area contributed by atoms with E-state index in [-0.39, 0.29) is 5.97 Å². The molecule has 2 N–H and O–H groups in total. The van der Waals surface area contributed by atoms with Gasteiger partial charge in [0.25, 0.3) is 0 Å². The van der Waals surface area contributed by atoms with Crippen LogP contribution in [0.5, 0.6) is 0 Å². The van der Waals surface area contributed by atoms with Crippen LogP contribution < -0.4 is 10.6 Å². The summed E-state index contributed by atoms with van der Waals surface area (Å²) in [5, 5.41) is 7.62. The molecule has 0 bridgehead atoms. The number of esters is 1. The molecule has 25 heavy (non-hydrogen) atoms. The summed E-state index contributed by atoms with van der Waals surface area (Å²) in [5.74, 6) is 0.316. The summed E-state index contributed by atoms with van der Waals surface area (Å²) in [6, 6.07) is 9.73. The van der Waals surface area contributed by atoms with Crippen LogP contribution in [0, 0.1) is 5.92 Å². The highest BCUT2D eigenvalue weighted by Crippen LogP contribution is 2.40. The molecule has 132 valence electrons. The number of fused-ring (bicyclic) bond motifs is 1. The third-order valence-corrected chi connectivity index (χ3v) is 5.66. The molecule has 0 radical (unpaired) electrons. The van der Waals surface area contributed by atoms with E-state index in [0.29, 0.717) is 23.2 Å². The van der Waals surface area contributed by atoms with Crippen LogP contribution in [0.4, 0.5) is 10.7 Å². The highest BCUT2D eigenvalue weighted by atomic mass is 32.1. The minimum absolute atomic E-state index is 0.265. The third-order valence-electron chi connectivity index (χ3n) is 4.25. The summed E-state index contributed by atoms with van der Waals surface area (Å²) in [6.07, 6.45) is 3.08. The second-order valence-electron chi connectivity index (χ2n) is 6.22. The van der Waals surface area contributed by atoms with Gasteiger partial charge in [-0.1, -0.05) is 25.1 Å². The van der Waals surface area contributed by atoms with Crippen molar-refractivity contribution in [3.05, 3.63) is 46.3 Å². The quantitative estimate of drug-likeness (QED) is 0.591. The van der Waals surface area contributed by atoms with E-state index in [0.717, 1.165) is 35.5 Å². The molecule has 1 atom stereocenters. The molecule has 0 saturated heterocycles. The Hall–Kier alpha value is -1.92. The number of nitrogens with one attached hydrogen (secondary N) is 2. The van der Waals surface area contributed by atoms with Crippen molar-refractivity contribution in [2.45, 2.75) is 33.1 Å². The minimum Gasteiger partial charge on any atom is -0.462 e. The van der Waals surface area contributed by atoms with E-state index < -0.39 is 0 Å². The van der Waals surface area contributed by atoms with Crippen molar-refractivity contribution in [2.24, 2.45) is 5.92 Å². The highest BCUT2D eigenvalue weighted by molar-refractivity contribution is 7.80. The molecule has 0 saturated carbocycles. The summed E-state index contributed by atoms with van der Waals surface area (Å²) in [7, 11) is 0. The first-order chi connectivity index (χ1) is 12.1. The molecule has 1 heterocycles. The van der Waals surface area contributed by atoms with E-state index in [1.54, 1.807) is 11.3 Å². The van der Waals surface area contributed by atoms with Crippen LogP contribution >= 0.6 is 23.6 Å². The average Bonchev–Trinajstić information content (AvgIpc) is 2.92. The molecule has 1 unspecified atom stereocenters. The van der Waals surface area contributed by atoms with Crippen LogP contribution in [0.25, 0.3) is 0 Å². The lowest BCUT2D eigenvalue weighted by molar-refractivity contribution is 0.0526. The maximum Gasteiger partial charge on any atom is 0.341 e. The maximum atomic E-state index is 12.5. The Morgan fingerprint density at radius 2 is 2.08 bits per heavy atom. The molecule has 3 rings (SSSR count). The van der Waals surface area contributed by atoms with Gasteiger partial charge in [0.05, 0.1) is 12.2 Å². The zero-order valence-electron chi connectivity index (χ0n) is 14.4. The van der Waals surface area contributed by atoms with Crippen molar-refractivity contribution >= 4 is 45.3 Å². The van der Waals surface area contributed by atoms with E-state index in [4.69, 9.17) is 17.0 Å². The molecule has 4 nitrogen and oxygen atoms in total.